The van der Waals surface area contributed by atoms with Gasteiger partial charge < -0.3 is 0 Å². The third-order valence-electron chi connectivity index (χ3n) is 2.96. The first-order valence-electron chi connectivity index (χ1n) is 5.90. The highest BCUT2D eigenvalue weighted by Gasteiger charge is 2.83. The largest absolute Gasteiger partial charge is 0.460 e. The van der Waals surface area contributed by atoms with E-state index in [0.717, 1.165) is 0 Å². The quantitative estimate of drug-likeness (QED) is 0.474. The van der Waals surface area contributed by atoms with Gasteiger partial charge in [-0.05, 0) is 18.2 Å². The van der Waals surface area contributed by atoms with E-state index in [2.05, 4.69) is 0 Å². The van der Waals surface area contributed by atoms with Gasteiger partial charge in [0.2, 0.25) is 5.78 Å². The summed E-state index contributed by atoms with van der Waals surface area (Å²) in [4.78, 5) is 11.3. The van der Waals surface area contributed by atoms with E-state index in [1.807, 2.05) is 0 Å². The number of hydrogen-bond donors (Lipinski definition) is 0. The lowest BCUT2D eigenvalue weighted by atomic mass is 9.94. The summed E-state index contributed by atoms with van der Waals surface area (Å²) in [6.07, 6.45) is -12.8. The molecule has 14 heteroatoms. The van der Waals surface area contributed by atoms with Crippen LogP contribution in [0.1, 0.15) is 15.9 Å². The van der Waals surface area contributed by atoms with Gasteiger partial charge in [-0.25, -0.2) is 4.39 Å². The minimum atomic E-state index is -7.40. The fourth-order valence-corrected chi connectivity index (χ4v) is 1.58. The number of carbonyl (C=O) groups is 1. The molecular weight excluding hydrogens is 407 g/mol. The Bertz CT molecular complexity index is 698. The van der Waals surface area contributed by atoms with Crippen molar-refractivity contribution in [2.24, 2.45) is 0 Å². The maximum absolute atomic E-state index is 13.4. The number of Topliss-reactive ketones (excluding diaryl/α,β-unsaturated/α-hetero) is 1. The molecule has 1 nitrogen and oxygen atoms in total. The van der Waals surface area contributed by atoms with Crippen molar-refractivity contribution < 1.29 is 61.9 Å². The van der Waals surface area contributed by atoms with Gasteiger partial charge in [0.1, 0.15) is 5.82 Å². The van der Waals surface area contributed by atoms with Crippen LogP contribution in [0.4, 0.5) is 57.1 Å². The van der Waals surface area contributed by atoms with Gasteiger partial charge in [-0.2, -0.15) is 52.7 Å². The molecule has 0 aliphatic carbocycles. The van der Waals surface area contributed by atoms with Gasteiger partial charge in [-0.15, -0.1) is 0 Å². The van der Waals surface area contributed by atoms with Crippen molar-refractivity contribution in [3.05, 3.63) is 35.1 Å². The molecule has 0 aliphatic heterocycles. The molecule has 0 saturated carbocycles. The molecule has 0 aliphatic rings. The lowest BCUT2D eigenvalue weighted by molar-refractivity contribution is -0.386. The number of hydrogen-bond acceptors (Lipinski definition) is 1. The average molecular weight is 410 g/mol. The third kappa shape index (κ3) is 3.32. The minimum absolute atomic E-state index is 0.206. The summed E-state index contributed by atoms with van der Waals surface area (Å²) in [6, 6.07) is -1.19. The number of carbonyl (C=O) groups excluding carboxylic acids is 1. The Hall–Kier alpha value is -2.02. The van der Waals surface area contributed by atoms with Crippen LogP contribution in [-0.4, -0.2) is 29.7 Å². The normalized spacial score (nSPS) is 14.5. The van der Waals surface area contributed by atoms with Crippen molar-refractivity contribution in [3.8, 4) is 0 Å². The van der Waals surface area contributed by atoms with E-state index in [4.69, 9.17) is 0 Å². The summed E-state index contributed by atoms with van der Waals surface area (Å²) in [5.74, 6) is -27.1. The fraction of sp³-hybridized carbons (Fsp3) is 0.417. The molecule has 0 saturated heterocycles. The molecule has 148 valence electrons. The number of halogens is 13. The van der Waals surface area contributed by atoms with Gasteiger partial charge in [0.25, 0.3) is 0 Å². The van der Waals surface area contributed by atoms with Crippen molar-refractivity contribution in [2.45, 2.75) is 30.1 Å². The highest BCUT2D eigenvalue weighted by Crippen LogP contribution is 2.53. The number of ketones is 1. The molecule has 0 radical (unpaired) electrons. The van der Waals surface area contributed by atoms with E-state index < -0.39 is 58.9 Å². The van der Waals surface area contributed by atoms with Crippen molar-refractivity contribution >= 4 is 5.78 Å². The van der Waals surface area contributed by atoms with Gasteiger partial charge in [0, 0.05) is 5.56 Å². The lowest BCUT2D eigenvalue weighted by Crippen LogP contribution is -2.63. The Morgan fingerprint density at radius 2 is 1.19 bits per heavy atom. The van der Waals surface area contributed by atoms with Crippen LogP contribution in [0, 0.1) is 5.82 Å². The highest BCUT2D eigenvalue weighted by molar-refractivity contribution is 6.02. The Morgan fingerprint density at radius 1 is 0.731 bits per heavy atom. The van der Waals surface area contributed by atoms with E-state index in [-0.39, 0.29) is 12.1 Å². The van der Waals surface area contributed by atoms with Crippen LogP contribution in [0.3, 0.4) is 0 Å². The van der Waals surface area contributed by atoms with E-state index in [1.165, 1.54) is 0 Å². The molecule has 1 rings (SSSR count). The second-order valence-electron chi connectivity index (χ2n) is 4.74. The molecule has 0 N–H and O–H groups in total. The number of benzene rings is 1. The van der Waals surface area contributed by atoms with E-state index in [1.54, 1.807) is 0 Å². The van der Waals surface area contributed by atoms with Crippen molar-refractivity contribution in [1.82, 2.24) is 0 Å². The van der Waals surface area contributed by atoms with E-state index >= 15 is 0 Å². The lowest BCUT2D eigenvalue weighted by Gasteiger charge is -2.32. The molecule has 1 aromatic rings. The van der Waals surface area contributed by atoms with E-state index in [9.17, 15) is 61.9 Å². The second kappa shape index (κ2) is 6.01. The van der Waals surface area contributed by atoms with Gasteiger partial charge >= 0.3 is 30.1 Å². The minimum Gasteiger partial charge on any atom is -0.287 e. The van der Waals surface area contributed by atoms with Crippen molar-refractivity contribution in [2.75, 3.05) is 0 Å². The summed E-state index contributed by atoms with van der Waals surface area (Å²) in [7, 11) is 0. The summed E-state index contributed by atoms with van der Waals surface area (Å²) in [5, 5.41) is 0. The van der Waals surface area contributed by atoms with Crippen LogP contribution in [0.5, 0.6) is 0 Å². The van der Waals surface area contributed by atoms with Crippen molar-refractivity contribution in [3.63, 3.8) is 0 Å². The summed E-state index contributed by atoms with van der Waals surface area (Å²) in [6.45, 7) is 0. The van der Waals surface area contributed by atoms with Gasteiger partial charge in [0.05, 0.1) is 5.56 Å². The van der Waals surface area contributed by atoms with Gasteiger partial charge in [0.15, 0.2) is 0 Å². The third-order valence-corrected chi connectivity index (χ3v) is 2.96. The van der Waals surface area contributed by atoms with Crippen LogP contribution >= 0.6 is 0 Å². The zero-order valence-electron chi connectivity index (χ0n) is 11.6. The second-order valence-corrected chi connectivity index (χ2v) is 4.74. The monoisotopic (exact) mass is 410 g/mol. The molecule has 0 bridgehead atoms. The van der Waals surface area contributed by atoms with E-state index in [0.29, 0.717) is 0 Å². The number of rotatable bonds is 4. The average Bonchev–Trinajstić information content (AvgIpc) is 2.44. The highest BCUT2D eigenvalue weighted by atomic mass is 19.4. The van der Waals surface area contributed by atoms with Crippen LogP contribution in [-0.2, 0) is 6.18 Å². The molecular formula is C12H3F13O. The Labute approximate surface area is 134 Å². The summed E-state index contributed by atoms with van der Waals surface area (Å²) in [5.41, 5.74) is -4.45. The van der Waals surface area contributed by atoms with Crippen LogP contribution < -0.4 is 0 Å². The molecule has 0 heterocycles. The molecule has 0 amide bonds. The maximum Gasteiger partial charge on any atom is 0.460 e. The van der Waals surface area contributed by atoms with Gasteiger partial charge in [-0.3, -0.25) is 4.79 Å². The molecule has 0 atom stereocenters. The van der Waals surface area contributed by atoms with Crippen LogP contribution in [0.2, 0.25) is 0 Å². The van der Waals surface area contributed by atoms with Crippen LogP contribution in [0.25, 0.3) is 0 Å². The van der Waals surface area contributed by atoms with Crippen molar-refractivity contribution in [1.29, 1.82) is 0 Å². The molecule has 1 aromatic carbocycles. The zero-order chi connectivity index (χ0) is 20.9. The first-order chi connectivity index (χ1) is 11.3. The number of alkyl halides is 12. The Balaban J connectivity index is 3.49. The topological polar surface area (TPSA) is 17.1 Å². The molecule has 26 heavy (non-hydrogen) atoms. The van der Waals surface area contributed by atoms with Crippen LogP contribution in [0.15, 0.2) is 18.2 Å². The SMILES string of the molecule is O=C(c1ccc(F)c(C(F)(F)F)c1)C(F)(F)C(F)(F)C(F)(F)C(F)(F)F. The molecule has 0 spiro atoms. The summed E-state index contributed by atoms with van der Waals surface area (Å²) < 4.78 is 164. The molecule has 0 aromatic heterocycles. The zero-order valence-corrected chi connectivity index (χ0v) is 11.6. The Kier molecular flexibility index (Phi) is 5.09. The van der Waals surface area contributed by atoms with Gasteiger partial charge in [-0.1, -0.05) is 0 Å². The molecule has 0 fully saturated rings. The summed E-state index contributed by atoms with van der Waals surface area (Å²) >= 11 is 0. The fourth-order valence-electron chi connectivity index (χ4n) is 1.58. The predicted octanol–water partition coefficient (Wildman–Crippen LogP) is 5.50. The molecule has 0 unspecified atom stereocenters. The smallest absolute Gasteiger partial charge is 0.287 e. The first kappa shape index (κ1) is 22.0. The standard InChI is InChI=1S/C12H3F13O/c13-6-2-1-4(3-5(6)9(16,17)18)7(26)8(14,15)10(19,20)11(21,22)12(23,24)25/h1-3H. The predicted molar refractivity (Wildman–Crippen MR) is 56.6 cm³/mol. The first-order valence-corrected chi connectivity index (χ1v) is 5.90. The maximum atomic E-state index is 13.4. The Morgan fingerprint density at radius 3 is 1.58 bits per heavy atom.